The predicted octanol–water partition coefficient (Wildman–Crippen LogP) is 15.1. The summed E-state index contributed by atoms with van der Waals surface area (Å²) in [4.78, 5) is 0. The van der Waals surface area contributed by atoms with E-state index in [2.05, 4.69) is 77.1 Å². The van der Waals surface area contributed by atoms with Gasteiger partial charge in [0.25, 0.3) is 0 Å². The van der Waals surface area contributed by atoms with Gasteiger partial charge in [-0.25, -0.2) is 0 Å². The zero-order valence-corrected chi connectivity index (χ0v) is 34.8. The van der Waals surface area contributed by atoms with Crippen LogP contribution in [0.5, 0.6) is 23.0 Å². The molecule has 0 aliphatic carbocycles. The first-order valence-corrected chi connectivity index (χ1v) is 19.4. The first-order chi connectivity index (χ1) is 28.7. The zero-order valence-electron chi connectivity index (χ0n) is 34.8. The molecule has 0 unspecified atom stereocenters. The highest BCUT2D eigenvalue weighted by molar-refractivity contribution is 5.74. The molecule has 0 aliphatic rings. The molecule has 7 aromatic rings. The monoisotopic (exact) mass is 834 g/mol. The Morgan fingerprint density at radius 1 is 0.377 bits per heavy atom. The molecular weight excluding hydrogens is 787 g/mol. The molecule has 0 radical (unpaired) electrons. The summed E-state index contributed by atoms with van der Waals surface area (Å²) in [6, 6.07) is 46.5. The van der Waals surface area contributed by atoms with Gasteiger partial charge in [0, 0.05) is 16.8 Å². The van der Waals surface area contributed by atoms with E-state index < -0.39 is 34.6 Å². The molecule has 4 nitrogen and oxygen atoms in total. The molecule has 0 aliphatic heterocycles. The third-order valence-corrected chi connectivity index (χ3v) is 9.83. The van der Waals surface area contributed by atoms with Crippen molar-refractivity contribution in [2.45, 2.75) is 59.3 Å². The van der Waals surface area contributed by atoms with Crippen LogP contribution in [0.1, 0.15) is 58.4 Å². The van der Waals surface area contributed by atoms with Gasteiger partial charge in [0.1, 0.15) is 23.0 Å². The van der Waals surface area contributed by atoms with Gasteiger partial charge < -0.3 is 20.9 Å². The van der Waals surface area contributed by atoms with E-state index in [4.69, 9.17) is 20.9 Å². The molecule has 316 valence electrons. The van der Waals surface area contributed by atoms with Crippen LogP contribution in [0.15, 0.2) is 158 Å². The Morgan fingerprint density at radius 2 is 0.754 bits per heavy atom. The number of nitrogen functional groups attached to an aromatic ring is 2. The second-order valence-corrected chi connectivity index (χ2v) is 15.3. The SMILES string of the molecule is Cc1ccc(-c2ccc(N)cc2C(F)(F)F)c(C(F)(F)F)c1.Cc1ccc(C(C)(C)c2ccc(Oc3ccc(N)cc3)cc2)cc1.Cc1ccc(Oc2cccc(C)c2)cc1. The summed E-state index contributed by atoms with van der Waals surface area (Å²) in [5.41, 5.74) is 14.8. The van der Waals surface area contributed by atoms with Crippen LogP contribution in [0.25, 0.3) is 11.1 Å². The standard InChI is InChI=1S/C22H23NO.C15H11F6N.C14H14O/c1-16-4-6-17(7-5-16)22(2,3)18-8-12-20(13-9-18)24-21-14-10-19(23)11-15-21;1-8-2-4-10(12(6-8)14(16,17)18)11-5-3-9(22)7-13(11)15(19,20)21;1-11-6-8-13(9-7-11)15-14-5-3-4-12(2)10-14/h4-15H,23H2,1-3H3;2-7H,22H2,1H3;3-10H,1-2H3. The minimum absolute atomic E-state index is 0.0482. The Morgan fingerprint density at radius 3 is 1.26 bits per heavy atom. The van der Waals surface area contributed by atoms with Crippen LogP contribution in [0.3, 0.4) is 0 Å². The van der Waals surface area contributed by atoms with Crippen molar-refractivity contribution in [3.63, 3.8) is 0 Å². The van der Waals surface area contributed by atoms with Crippen LogP contribution in [0.2, 0.25) is 0 Å². The first-order valence-electron chi connectivity index (χ1n) is 19.4. The van der Waals surface area contributed by atoms with Gasteiger partial charge in [-0.1, -0.05) is 109 Å². The van der Waals surface area contributed by atoms with E-state index >= 15 is 0 Å². The Kier molecular flexibility index (Phi) is 14.2. The molecule has 0 spiro atoms. The van der Waals surface area contributed by atoms with Crippen LogP contribution in [-0.2, 0) is 17.8 Å². The van der Waals surface area contributed by atoms with E-state index in [1.807, 2.05) is 78.9 Å². The van der Waals surface area contributed by atoms with Crippen LogP contribution in [0, 0.1) is 27.7 Å². The van der Waals surface area contributed by atoms with Gasteiger partial charge in [-0.2, -0.15) is 26.3 Å². The molecule has 0 saturated heterocycles. The van der Waals surface area contributed by atoms with Crippen LogP contribution >= 0.6 is 0 Å². The molecule has 0 aromatic heterocycles. The number of aryl methyl sites for hydroxylation is 4. The number of hydrogen-bond donors (Lipinski definition) is 2. The highest BCUT2D eigenvalue weighted by atomic mass is 19.4. The summed E-state index contributed by atoms with van der Waals surface area (Å²) in [6.07, 6.45) is -9.57. The number of benzene rings is 7. The molecule has 61 heavy (non-hydrogen) atoms. The fraction of sp³-hybridized carbons (Fsp3) is 0.176. The van der Waals surface area contributed by atoms with Crippen molar-refractivity contribution < 1.29 is 35.8 Å². The molecule has 0 saturated carbocycles. The second kappa shape index (κ2) is 19.1. The van der Waals surface area contributed by atoms with Gasteiger partial charge in [-0.15, -0.1) is 0 Å². The number of alkyl halides is 6. The summed E-state index contributed by atoms with van der Waals surface area (Å²) in [5, 5.41) is 0. The van der Waals surface area contributed by atoms with Gasteiger partial charge in [-0.05, 0) is 134 Å². The van der Waals surface area contributed by atoms with Gasteiger partial charge in [-0.3, -0.25) is 0 Å². The van der Waals surface area contributed by atoms with E-state index in [9.17, 15) is 26.3 Å². The lowest BCUT2D eigenvalue weighted by atomic mass is 9.78. The average molecular weight is 835 g/mol. The van der Waals surface area contributed by atoms with E-state index in [0.29, 0.717) is 11.6 Å². The zero-order chi connectivity index (χ0) is 44.5. The summed E-state index contributed by atoms with van der Waals surface area (Å²) in [6.45, 7) is 12.2. The minimum atomic E-state index is -4.81. The largest absolute Gasteiger partial charge is 0.457 e. The van der Waals surface area contributed by atoms with Crippen molar-refractivity contribution in [3.8, 4) is 34.1 Å². The second-order valence-electron chi connectivity index (χ2n) is 15.3. The van der Waals surface area contributed by atoms with Gasteiger partial charge >= 0.3 is 12.4 Å². The molecule has 10 heteroatoms. The van der Waals surface area contributed by atoms with E-state index in [0.717, 1.165) is 53.0 Å². The maximum absolute atomic E-state index is 13.1. The number of anilines is 2. The fourth-order valence-electron chi connectivity index (χ4n) is 6.33. The normalized spacial score (nSPS) is 11.4. The molecular formula is C51H48F6N2O2. The van der Waals surface area contributed by atoms with Crippen molar-refractivity contribution in [1.29, 1.82) is 0 Å². The topological polar surface area (TPSA) is 70.5 Å². The lowest BCUT2D eigenvalue weighted by Gasteiger charge is -2.26. The molecule has 4 N–H and O–H groups in total. The lowest BCUT2D eigenvalue weighted by Crippen LogP contribution is -2.18. The van der Waals surface area contributed by atoms with Crippen LogP contribution < -0.4 is 20.9 Å². The smallest absolute Gasteiger partial charge is 0.417 e. The highest BCUT2D eigenvalue weighted by Gasteiger charge is 2.38. The quantitative estimate of drug-likeness (QED) is 0.124. The summed E-state index contributed by atoms with van der Waals surface area (Å²) >= 11 is 0. The summed E-state index contributed by atoms with van der Waals surface area (Å²) < 4.78 is 90.2. The maximum atomic E-state index is 13.1. The van der Waals surface area contributed by atoms with Crippen LogP contribution in [0.4, 0.5) is 37.7 Å². The molecule has 7 aromatic carbocycles. The summed E-state index contributed by atoms with van der Waals surface area (Å²) in [7, 11) is 0. The van der Waals surface area contributed by atoms with E-state index in [1.54, 1.807) is 0 Å². The third-order valence-electron chi connectivity index (χ3n) is 9.83. The molecule has 0 bridgehead atoms. The van der Waals surface area contributed by atoms with Crippen molar-refractivity contribution in [1.82, 2.24) is 0 Å². The Balaban J connectivity index is 0.000000178. The Labute approximate surface area is 353 Å². The number of rotatable bonds is 7. The van der Waals surface area contributed by atoms with E-state index in [-0.39, 0.29) is 11.1 Å². The first kappa shape index (κ1) is 45.4. The number of nitrogens with two attached hydrogens (primary N) is 2. The third kappa shape index (κ3) is 12.7. The van der Waals surface area contributed by atoms with Gasteiger partial charge in [0.15, 0.2) is 0 Å². The van der Waals surface area contributed by atoms with Crippen LogP contribution in [-0.4, -0.2) is 0 Å². The van der Waals surface area contributed by atoms with Gasteiger partial charge in [0.2, 0.25) is 0 Å². The Hall–Kier alpha value is -6.68. The molecule has 0 atom stereocenters. The van der Waals surface area contributed by atoms with E-state index in [1.165, 1.54) is 40.8 Å². The molecule has 0 amide bonds. The summed E-state index contributed by atoms with van der Waals surface area (Å²) in [5.74, 6) is 3.38. The van der Waals surface area contributed by atoms with Crippen molar-refractivity contribution >= 4 is 11.4 Å². The predicted molar refractivity (Wildman–Crippen MR) is 234 cm³/mol. The molecule has 0 heterocycles. The van der Waals surface area contributed by atoms with Gasteiger partial charge in [0.05, 0.1) is 11.1 Å². The number of hydrogen-bond acceptors (Lipinski definition) is 4. The van der Waals surface area contributed by atoms with Crippen molar-refractivity contribution in [2.24, 2.45) is 0 Å². The minimum Gasteiger partial charge on any atom is -0.457 e. The molecule has 0 fully saturated rings. The fourth-order valence-corrected chi connectivity index (χ4v) is 6.33. The van der Waals surface area contributed by atoms with Crippen molar-refractivity contribution in [3.05, 3.63) is 202 Å². The number of halogens is 6. The van der Waals surface area contributed by atoms with Crippen molar-refractivity contribution in [2.75, 3.05) is 11.5 Å². The number of ether oxygens (including phenoxy) is 2. The maximum Gasteiger partial charge on any atom is 0.417 e. The average Bonchev–Trinajstić information content (AvgIpc) is 3.20. The molecule has 7 rings (SSSR count). The highest BCUT2D eigenvalue weighted by Crippen LogP contribution is 2.43. The Bertz CT molecular complexity index is 2450. The lowest BCUT2D eigenvalue weighted by molar-refractivity contribution is -0.139.